The van der Waals surface area contributed by atoms with Crippen LogP contribution in [0.1, 0.15) is 29.5 Å². The molecule has 0 unspecified atom stereocenters. The molecule has 0 saturated carbocycles. The molecule has 3 aromatic rings. The Bertz CT molecular complexity index is 815. The Morgan fingerprint density at radius 3 is 2.96 bits per heavy atom. The monoisotopic (exact) mass is 310 g/mol. The quantitative estimate of drug-likeness (QED) is 0.712. The number of benzene rings is 1. The second-order valence-electron chi connectivity index (χ2n) is 5.70. The van der Waals surface area contributed by atoms with Gasteiger partial charge in [0.05, 0.1) is 0 Å². The van der Waals surface area contributed by atoms with Crippen molar-refractivity contribution in [2.45, 2.75) is 26.3 Å². The Balaban J connectivity index is 1.55. The molecule has 1 amide bonds. The van der Waals surface area contributed by atoms with E-state index in [2.05, 4.69) is 21.8 Å². The van der Waals surface area contributed by atoms with Gasteiger partial charge in [-0.2, -0.15) is 0 Å². The molecule has 1 N–H and O–H groups in total. The maximum atomic E-state index is 12.3. The van der Waals surface area contributed by atoms with Gasteiger partial charge in [-0.05, 0) is 30.0 Å². The number of aromatic nitrogens is 3. The Labute approximate surface area is 135 Å². The first-order valence-electron chi connectivity index (χ1n) is 8.02. The van der Waals surface area contributed by atoms with Crippen LogP contribution in [0.4, 0.5) is 0 Å². The average molecular weight is 310 g/mol. The summed E-state index contributed by atoms with van der Waals surface area (Å²) in [4.78, 5) is 16.6. The molecule has 0 saturated heterocycles. The summed E-state index contributed by atoms with van der Waals surface area (Å²) in [7, 11) is 1.99. The maximum absolute atomic E-state index is 12.3. The number of aryl methyl sites for hydroxylation is 3. The van der Waals surface area contributed by atoms with Crippen molar-refractivity contribution in [1.29, 1.82) is 0 Å². The zero-order valence-electron chi connectivity index (χ0n) is 13.6. The standard InChI is InChI=1S/C18H22N4O/c1-3-17-19-9-12-22(17)10-4-8-20-18(23)15-6-5-14-7-11-21(2)16(14)13-15/h5-7,9,11-13H,3-4,8,10H2,1-2H3,(H,20,23). The number of carbonyl (C=O) groups is 1. The average Bonchev–Trinajstić information content (AvgIpc) is 3.17. The molecule has 2 heterocycles. The van der Waals surface area contributed by atoms with Crippen molar-refractivity contribution in [3.63, 3.8) is 0 Å². The third-order valence-electron chi connectivity index (χ3n) is 4.13. The molecule has 3 rings (SSSR count). The van der Waals surface area contributed by atoms with Crippen LogP contribution in [0.25, 0.3) is 10.9 Å². The number of nitrogens with one attached hydrogen (secondary N) is 1. The molecule has 0 spiro atoms. The molecule has 0 aliphatic rings. The molecule has 5 nitrogen and oxygen atoms in total. The number of nitrogens with zero attached hydrogens (tertiary/aromatic N) is 3. The molecule has 23 heavy (non-hydrogen) atoms. The van der Waals surface area contributed by atoms with E-state index in [-0.39, 0.29) is 5.91 Å². The predicted octanol–water partition coefficient (Wildman–Crippen LogP) is 2.76. The SMILES string of the molecule is CCc1nccn1CCCNC(=O)c1ccc2ccn(C)c2c1. The number of fused-ring (bicyclic) bond motifs is 1. The number of hydrogen-bond acceptors (Lipinski definition) is 2. The van der Waals surface area contributed by atoms with Crippen LogP contribution in [-0.4, -0.2) is 26.6 Å². The van der Waals surface area contributed by atoms with Crippen molar-refractivity contribution in [3.8, 4) is 0 Å². The first-order valence-corrected chi connectivity index (χ1v) is 8.02. The minimum atomic E-state index is -0.0190. The highest BCUT2D eigenvalue weighted by Gasteiger charge is 2.07. The van der Waals surface area contributed by atoms with Gasteiger partial charge < -0.3 is 14.5 Å². The Hall–Kier alpha value is -2.56. The van der Waals surface area contributed by atoms with E-state index >= 15 is 0 Å². The normalized spacial score (nSPS) is 11.0. The highest BCUT2D eigenvalue weighted by molar-refractivity contribution is 5.98. The lowest BCUT2D eigenvalue weighted by Gasteiger charge is -2.08. The van der Waals surface area contributed by atoms with Crippen LogP contribution in [0.5, 0.6) is 0 Å². The van der Waals surface area contributed by atoms with E-state index in [0.717, 1.165) is 36.1 Å². The van der Waals surface area contributed by atoms with Crippen molar-refractivity contribution in [2.75, 3.05) is 6.54 Å². The summed E-state index contributed by atoms with van der Waals surface area (Å²) in [5, 5.41) is 4.14. The summed E-state index contributed by atoms with van der Waals surface area (Å²) >= 11 is 0. The van der Waals surface area contributed by atoms with E-state index in [0.29, 0.717) is 12.1 Å². The largest absolute Gasteiger partial charge is 0.352 e. The third kappa shape index (κ3) is 3.28. The minimum Gasteiger partial charge on any atom is -0.352 e. The van der Waals surface area contributed by atoms with Gasteiger partial charge in [-0.1, -0.05) is 13.0 Å². The zero-order chi connectivity index (χ0) is 16.2. The smallest absolute Gasteiger partial charge is 0.251 e. The van der Waals surface area contributed by atoms with Crippen molar-refractivity contribution in [2.24, 2.45) is 7.05 Å². The molecular formula is C18H22N4O. The van der Waals surface area contributed by atoms with E-state index in [1.165, 1.54) is 0 Å². The van der Waals surface area contributed by atoms with Crippen LogP contribution >= 0.6 is 0 Å². The molecular weight excluding hydrogens is 288 g/mol. The molecule has 0 atom stereocenters. The van der Waals surface area contributed by atoms with Gasteiger partial charge in [0.25, 0.3) is 5.91 Å². The van der Waals surface area contributed by atoms with Crippen molar-refractivity contribution < 1.29 is 4.79 Å². The number of amides is 1. The molecule has 2 aromatic heterocycles. The lowest BCUT2D eigenvalue weighted by molar-refractivity contribution is 0.0953. The highest BCUT2D eigenvalue weighted by Crippen LogP contribution is 2.16. The van der Waals surface area contributed by atoms with E-state index in [9.17, 15) is 4.79 Å². The number of carbonyl (C=O) groups excluding carboxylic acids is 1. The summed E-state index contributed by atoms with van der Waals surface area (Å²) in [6, 6.07) is 7.86. The van der Waals surface area contributed by atoms with E-state index in [1.54, 1.807) is 0 Å². The van der Waals surface area contributed by atoms with Gasteiger partial charge >= 0.3 is 0 Å². The third-order valence-corrected chi connectivity index (χ3v) is 4.13. The van der Waals surface area contributed by atoms with Crippen LogP contribution in [0.2, 0.25) is 0 Å². The Morgan fingerprint density at radius 1 is 1.26 bits per heavy atom. The van der Waals surface area contributed by atoms with Gasteiger partial charge in [-0.3, -0.25) is 4.79 Å². The number of imidazole rings is 1. The second-order valence-corrected chi connectivity index (χ2v) is 5.70. The summed E-state index contributed by atoms with van der Waals surface area (Å²) < 4.78 is 4.17. The van der Waals surface area contributed by atoms with Gasteiger partial charge in [0.2, 0.25) is 0 Å². The highest BCUT2D eigenvalue weighted by atomic mass is 16.1. The number of hydrogen-bond donors (Lipinski definition) is 1. The predicted molar refractivity (Wildman–Crippen MR) is 91.5 cm³/mol. The lowest BCUT2D eigenvalue weighted by atomic mass is 10.1. The summed E-state index contributed by atoms with van der Waals surface area (Å²) in [5.41, 5.74) is 1.78. The second kappa shape index (κ2) is 6.69. The van der Waals surface area contributed by atoms with E-state index in [1.807, 2.05) is 54.5 Å². The van der Waals surface area contributed by atoms with Crippen LogP contribution in [-0.2, 0) is 20.0 Å². The molecule has 5 heteroatoms. The van der Waals surface area contributed by atoms with Gasteiger partial charge in [-0.25, -0.2) is 4.98 Å². The Kier molecular flexibility index (Phi) is 4.46. The number of rotatable bonds is 6. The van der Waals surface area contributed by atoms with Gasteiger partial charge in [0, 0.05) is 56.2 Å². The first kappa shape index (κ1) is 15.3. The van der Waals surface area contributed by atoms with Crippen LogP contribution in [0, 0.1) is 0 Å². The molecule has 120 valence electrons. The van der Waals surface area contributed by atoms with Crippen molar-refractivity contribution >= 4 is 16.8 Å². The molecule has 0 aliphatic heterocycles. The fraction of sp³-hybridized carbons (Fsp3) is 0.333. The summed E-state index contributed by atoms with van der Waals surface area (Å²) in [6.45, 7) is 3.63. The lowest BCUT2D eigenvalue weighted by Crippen LogP contribution is -2.25. The Morgan fingerprint density at radius 2 is 2.13 bits per heavy atom. The summed E-state index contributed by atoms with van der Waals surface area (Å²) in [5.74, 6) is 1.07. The van der Waals surface area contributed by atoms with Crippen molar-refractivity contribution in [3.05, 3.63) is 54.2 Å². The van der Waals surface area contributed by atoms with Gasteiger partial charge in [0.1, 0.15) is 5.82 Å². The molecule has 0 aliphatic carbocycles. The maximum Gasteiger partial charge on any atom is 0.251 e. The molecule has 0 fully saturated rings. The van der Waals surface area contributed by atoms with Crippen LogP contribution in [0.3, 0.4) is 0 Å². The first-order chi connectivity index (χ1) is 11.2. The van der Waals surface area contributed by atoms with Crippen LogP contribution in [0.15, 0.2) is 42.9 Å². The summed E-state index contributed by atoms with van der Waals surface area (Å²) in [6.07, 6.45) is 7.64. The van der Waals surface area contributed by atoms with Gasteiger partial charge in [-0.15, -0.1) is 0 Å². The zero-order valence-corrected chi connectivity index (χ0v) is 13.6. The molecule has 0 radical (unpaired) electrons. The van der Waals surface area contributed by atoms with Crippen LogP contribution < -0.4 is 5.32 Å². The van der Waals surface area contributed by atoms with Crippen molar-refractivity contribution in [1.82, 2.24) is 19.4 Å². The fourth-order valence-electron chi connectivity index (χ4n) is 2.82. The topological polar surface area (TPSA) is 51.9 Å². The molecule has 0 bridgehead atoms. The van der Waals surface area contributed by atoms with E-state index < -0.39 is 0 Å². The molecule has 1 aromatic carbocycles. The van der Waals surface area contributed by atoms with E-state index in [4.69, 9.17) is 0 Å². The minimum absolute atomic E-state index is 0.0190. The van der Waals surface area contributed by atoms with Gasteiger partial charge in [0.15, 0.2) is 0 Å². The fourth-order valence-corrected chi connectivity index (χ4v) is 2.82.